The van der Waals surface area contributed by atoms with Gasteiger partial charge in [-0.2, -0.15) is 0 Å². The van der Waals surface area contributed by atoms with Gasteiger partial charge in [-0.05, 0) is 37.1 Å². The van der Waals surface area contributed by atoms with Crippen LogP contribution in [-0.4, -0.2) is 17.9 Å². The molecule has 0 radical (unpaired) electrons. The number of benzene rings is 2. The number of nitrogens with zero attached hydrogens (tertiary/aromatic N) is 1. The summed E-state index contributed by atoms with van der Waals surface area (Å²) in [5.74, 6) is 0.0600. The predicted octanol–water partition coefficient (Wildman–Crippen LogP) is 4.93. The van der Waals surface area contributed by atoms with Crippen molar-refractivity contribution in [1.29, 1.82) is 0 Å². The normalized spacial score (nSPS) is 11.3. The average Bonchev–Trinajstić information content (AvgIpc) is 2.51. The first-order chi connectivity index (χ1) is 10.3. The third-order valence-corrected chi connectivity index (χ3v) is 4.52. The summed E-state index contributed by atoms with van der Waals surface area (Å²) >= 11 is 11.9. The number of carbonyl (C=O) groups is 1. The summed E-state index contributed by atoms with van der Waals surface area (Å²) in [6, 6.07) is 15.2. The van der Waals surface area contributed by atoms with Gasteiger partial charge in [-0.15, -0.1) is 0 Å². The number of rotatable bonds is 4. The van der Waals surface area contributed by atoms with E-state index in [9.17, 15) is 4.79 Å². The molecule has 116 valence electrons. The van der Waals surface area contributed by atoms with E-state index in [2.05, 4.69) is 0 Å². The molecule has 0 bridgehead atoms. The highest BCUT2D eigenvalue weighted by Crippen LogP contribution is 2.27. The van der Waals surface area contributed by atoms with Crippen molar-refractivity contribution in [1.82, 2.24) is 4.90 Å². The smallest absolute Gasteiger partial charge is 0.232 e. The van der Waals surface area contributed by atoms with Gasteiger partial charge in [0.25, 0.3) is 0 Å². The van der Waals surface area contributed by atoms with Gasteiger partial charge in [-0.1, -0.05) is 59.6 Å². The van der Waals surface area contributed by atoms with Crippen LogP contribution in [-0.2, 0) is 16.8 Å². The van der Waals surface area contributed by atoms with Crippen LogP contribution in [0.3, 0.4) is 0 Å². The molecule has 0 heterocycles. The second kappa shape index (κ2) is 6.72. The Bertz CT molecular complexity index is 668. The lowest BCUT2D eigenvalue weighted by atomic mass is 9.83. The maximum atomic E-state index is 12.8. The highest BCUT2D eigenvalue weighted by molar-refractivity contribution is 6.42. The Hall–Kier alpha value is -1.51. The molecule has 0 spiro atoms. The minimum absolute atomic E-state index is 0.0600. The quantitative estimate of drug-likeness (QED) is 0.775. The lowest BCUT2D eigenvalue weighted by Gasteiger charge is -2.30. The number of carbonyl (C=O) groups excluding carboxylic acids is 1. The van der Waals surface area contributed by atoms with Crippen LogP contribution in [0.1, 0.15) is 25.0 Å². The number of amides is 1. The SMILES string of the molecule is CN(Cc1ccc(Cl)c(Cl)c1)C(=O)C(C)(C)c1ccccc1. The fourth-order valence-electron chi connectivity index (χ4n) is 2.44. The summed E-state index contributed by atoms with van der Waals surface area (Å²) in [5.41, 5.74) is 1.38. The molecule has 1 amide bonds. The lowest BCUT2D eigenvalue weighted by Crippen LogP contribution is -2.40. The fraction of sp³-hybridized carbons (Fsp3) is 0.278. The Labute approximate surface area is 141 Å². The van der Waals surface area contributed by atoms with Gasteiger partial charge in [-0.25, -0.2) is 0 Å². The van der Waals surface area contributed by atoms with Gasteiger partial charge < -0.3 is 4.90 Å². The Balaban J connectivity index is 2.16. The van der Waals surface area contributed by atoms with E-state index in [0.29, 0.717) is 16.6 Å². The molecule has 2 aromatic carbocycles. The van der Waals surface area contributed by atoms with Gasteiger partial charge in [0.2, 0.25) is 5.91 Å². The summed E-state index contributed by atoms with van der Waals surface area (Å²) in [5, 5.41) is 1.02. The highest BCUT2D eigenvalue weighted by atomic mass is 35.5. The van der Waals surface area contributed by atoms with Crippen molar-refractivity contribution in [2.75, 3.05) is 7.05 Å². The van der Waals surface area contributed by atoms with Crippen molar-refractivity contribution in [3.63, 3.8) is 0 Å². The summed E-state index contributed by atoms with van der Waals surface area (Å²) in [6.07, 6.45) is 0. The Morgan fingerprint density at radius 1 is 1.05 bits per heavy atom. The summed E-state index contributed by atoms with van der Waals surface area (Å²) in [6.45, 7) is 4.37. The molecule has 2 rings (SSSR count). The van der Waals surface area contributed by atoms with Crippen molar-refractivity contribution in [2.45, 2.75) is 25.8 Å². The Kier molecular flexibility index (Phi) is 5.15. The maximum Gasteiger partial charge on any atom is 0.232 e. The molecule has 0 aromatic heterocycles. The van der Waals surface area contributed by atoms with Crippen molar-refractivity contribution >= 4 is 29.1 Å². The zero-order valence-corrected chi connectivity index (χ0v) is 14.4. The van der Waals surface area contributed by atoms with Gasteiger partial charge in [-0.3, -0.25) is 4.79 Å². The molecule has 2 nitrogen and oxygen atoms in total. The molecule has 2 aromatic rings. The van der Waals surface area contributed by atoms with Crippen LogP contribution in [0.5, 0.6) is 0 Å². The first kappa shape index (κ1) is 16.9. The molecule has 22 heavy (non-hydrogen) atoms. The van der Waals surface area contributed by atoms with E-state index in [-0.39, 0.29) is 5.91 Å². The number of likely N-dealkylation sites (N-methyl/N-ethyl adjacent to an activating group) is 1. The summed E-state index contributed by atoms with van der Waals surface area (Å²) < 4.78 is 0. The van der Waals surface area contributed by atoms with Crippen LogP contribution >= 0.6 is 23.2 Å². The lowest BCUT2D eigenvalue weighted by molar-refractivity contribution is -0.135. The second-order valence-electron chi connectivity index (χ2n) is 5.90. The molecule has 0 atom stereocenters. The van der Waals surface area contributed by atoms with Gasteiger partial charge in [0, 0.05) is 13.6 Å². The van der Waals surface area contributed by atoms with E-state index in [1.165, 1.54) is 0 Å². The highest BCUT2D eigenvalue weighted by Gasteiger charge is 2.32. The molecule has 4 heteroatoms. The van der Waals surface area contributed by atoms with Gasteiger partial charge in [0.15, 0.2) is 0 Å². The van der Waals surface area contributed by atoms with E-state index in [1.54, 1.807) is 24.1 Å². The second-order valence-corrected chi connectivity index (χ2v) is 6.72. The topological polar surface area (TPSA) is 20.3 Å². The third-order valence-electron chi connectivity index (χ3n) is 3.78. The summed E-state index contributed by atoms with van der Waals surface area (Å²) in [4.78, 5) is 14.5. The number of hydrogen-bond acceptors (Lipinski definition) is 1. The zero-order chi connectivity index (χ0) is 16.3. The Morgan fingerprint density at radius 3 is 2.27 bits per heavy atom. The monoisotopic (exact) mass is 335 g/mol. The first-order valence-electron chi connectivity index (χ1n) is 7.07. The molecular formula is C18H19Cl2NO. The van der Waals surface area contributed by atoms with Crippen molar-refractivity contribution < 1.29 is 4.79 Å². The minimum Gasteiger partial charge on any atom is -0.341 e. The van der Waals surface area contributed by atoms with Crippen LogP contribution in [0.15, 0.2) is 48.5 Å². The van der Waals surface area contributed by atoms with Crippen molar-refractivity contribution in [2.24, 2.45) is 0 Å². The van der Waals surface area contributed by atoms with Crippen LogP contribution in [0.25, 0.3) is 0 Å². The Morgan fingerprint density at radius 2 is 1.68 bits per heavy atom. The van der Waals surface area contributed by atoms with Crippen LogP contribution in [0.4, 0.5) is 0 Å². The molecule has 0 aliphatic carbocycles. The summed E-state index contributed by atoms with van der Waals surface area (Å²) in [7, 11) is 1.80. The van der Waals surface area contributed by atoms with E-state index in [0.717, 1.165) is 11.1 Å². The fourth-order valence-corrected chi connectivity index (χ4v) is 2.76. The van der Waals surface area contributed by atoms with E-state index in [1.807, 2.05) is 50.2 Å². The van der Waals surface area contributed by atoms with Crippen LogP contribution < -0.4 is 0 Å². The van der Waals surface area contributed by atoms with Gasteiger partial charge in [0.1, 0.15) is 0 Å². The molecule has 0 saturated heterocycles. The average molecular weight is 336 g/mol. The molecule has 0 N–H and O–H groups in total. The third kappa shape index (κ3) is 3.63. The van der Waals surface area contributed by atoms with Crippen molar-refractivity contribution in [3.8, 4) is 0 Å². The minimum atomic E-state index is -0.577. The standard InChI is InChI=1S/C18H19Cl2NO/c1-18(2,14-7-5-4-6-8-14)17(22)21(3)12-13-9-10-15(19)16(20)11-13/h4-11H,12H2,1-3H3. The molecule has 0 unspecified atom stereocenters. The molecule has 0 fully saturated rings. The van der Waals surface area contributed by atoms with Crippen molar-refractivity contribution in [3.05, 3.63) is 69.7 Å². The van der Waals surface area contributed by atoms with E-state index < -0.39 is 5.41 Å². The maximum absolute atomic E-state index is 12.8. The molecular weight excluding hydrogens is 317 g/mol. The molecule has 0 saturated carbocycles. The predicted molar refractivity (Wildman–Crippen MR) is 92.4 cm³/mol. The van der Waals surface area contributed by atoms with Gasteiger partial charge in [0.05, 0.1) is 15.5 Å². The first-order valence-corrected chi connectivity index (χ1v) is 7.83. The zero-order valence-electron chi connectivity index (χ0n) is 12.9. The molecule has 0 aliphatic rings. The van der Waals surface area contributed by atoms with E-state index in [4.69, 9.17) is 23.2 Å². The number of halogens is 2. The van der Waals surface area contributed by atoms with E-state index >= 15 is 0 Å². The van der Waals surface area contributed by atoms with Gasteiger partial charge >= 0.3 is 0 Å². The number of hydrogen-bond donors (Lipinski definition) is 0. The molecule has 0 aliphatic heterocycles. The van der Waals surface area contributed by atoms with Crippen LogP contribution in [0.2, 0.25) is 10.0 Å². The van der Waals surface area contributed by atoms with Crippen LogP contribution in [0, 0.1) is 0 Å². The largest absolute Gasteiger partial charge is 0.341 e.